The predicted molar refractivity (Wildman–Crippen MR) is 174 cm³/mol. The molecule has 2 aliphatic heterocycles. The topological polar surface area (TPSA) is 306 Å². The molecular formula is C25H46Cl4N4O13S. The normalized spacial score (nSPS) is 40.5. The second-order valence-electron chi connectivity index (χ2n) is 11.2. The van der Waals surface area contributed by atoms with Gasteiger partial charge in [-0.3, -0.25) is 4.18 Å². The fourth-order valence-electron chi connectivity index (χ4n) is 5.32. The SMILES string of the molecule is Cc1ccc(S(=O)(=O)OC[C@H]2O[C@H](O[C@@H]3[C@@H](O)[C@H](O[C@H]4O[C@H](CN)[C@@H](O)[C@H](O)[C@H]4O)[C@@H](N)C[C@H]3N)[C@H](O)[C@@H](N)[C@@H]2O)cc1.Cl.Cl.Cl.Cl. The first-order valence-corrected chi connectivity index (χ1v) is 15.2. The van der Waals surface area contributed by atoms with Crippen LogP contribution in [0, 0.1) is 6.92 Å². The Morgan fingerprint density at radius 3 is 1.72 bits per heavy atom. The Balaban J connectivity index is 0.00000529. The molecule has 0 radical (unpaired) electrons. The maximum Gasteiger partial charge on any atom is 0.297 e. The third-order valence-electron chi connectivity index (χ3n) is 8.00. The molecule has 0 bridgehead atoms. The van der Waals surface area contributed by atoms with Crippen LogP contribution < -0.4 is 22.9 Å². The third-order valence-corrected chi connectivity index (χ3v) is 9.30. The van der Waals surface area contributed by atoms with Crippen LogP contribution in [-0.2, 0) is 33.2 Å². The summed E-state index contributed by atoms with van der Waals surface area (Å²) < 4.78 is 53.1. The molecule has 2 saturated heterocycles. The molecule has 1 aromatic rings. The van der Waals surface area contributed by atoms with Crippen LogP contribution in [0.1, 0.15) is 12.0 Å². The van der Waals surface area contributed by atoms with Gasteiger partial charge in [0.25, 0.3) is 10.1 Å². The molecule has 1 saturated carbocycles. The number of aliphatic hydroxyl groups is 6. The van der Waals surface area contributed by atoms with Crippen LogP contribution in [0.25, 0.3) is 0 Å². The summed E-state index contributed by atoms with van der Waals surface area (Å²) in [6.07, 6.45) is -17.8. The van der Waals surface area contributed by atoms with E-state index in [0.29, 0.717) is 0 Å². The van der Waals surface area contributed by atoms with Crippen molar-refractivity contribution in [3.63, 3.8) is 0 Å². The second kappa shape index (κ2) is 19.4. The summed E-state index contributed by atoms with van der Waals surface area (Å²) in [5.74, 6) is 0. The average Bonchev–Trinajstić information content (AvgIpc) is 2.96. The molecule has 2 heterocycles. The number of benzene rings is 1. The molecule has 17 nitrogen and oxygen atoms in total. The Morgan fingerprint density at radius 2 is 1.21 bits per heavy atom. The third kappa shape index (κ3) is 10.4. The van der Waals surface area contributed by atoms with E-state index in [2.05, 4.69) is 0 Å². The van der Waals surface area contributed by atoms with E-state index in [-0.39, 0.29) is 67.5 Å². The van der Waals surface area contributed by atoms with Gasteiger partial charge < -0.3 is 72.5 Å². The standard InChI is InChI=1S/C25H42N4O13S.4ClH/c1-9-2-4-10(5-3-9)43(36,37)38-8-14-16(30)15(29)18(32)24(40-14)41-22-11(27)6-12(28)23(21(22)35)42-25-20(34)19(33)17(31)13(7-26)39-25;;;;/h2-5,11-25,30-35H,6-8,26-29H2,1H3;4*1H/t11-,12+,13-,14-,15+,16-,17-,18-,19+,20-,21-,22+,23-,24-,25-;;;;/m1..../s1. The molecule has 3 aliphatic rings. The predicted octanol–water partition coefficient (Wildman–Crippen LogP) is -3.88. The summed E-state index contributed by atoms with van der Waals surface area (Å²) in [4.78, 5) is -0.119. The molecule has 15 atom stereocenters. The first kappa shape index (κ1) is 46.7. The lowest BCUT2D eigenvalue weighted by Gasteiger charge is -2.48. The maximum absolute atomic E-state index is 12.6. The van der Waals surface area contributed by atoms with E-state index >= 15 is 0 Å². The summed E-state index contributed by atoms with van der Waals surface area (Å²) in [7, 11) is -4.24. The highest BCUT2D eigenvalue weighted by Crippen LogP contribution is 2.31. The molecule has 4 rings (SSSR count). The number of aliphatic hydroxyl groups excluding tert-OH is 6. The highest BCUT2D eigenvalue weighted by atomic mass is 35.5. The van der Waals surface area contributed by atoms with Gasteiger partial charge in [-0.1, -0.05) is 17.7 Å². The van der Waals surface area contributed by atoms with E-state index in [4.69, 9.17) is 46.1 Å². The summed E-state index contributed by atoms with van der Waals surface area (Å²) >= 11 is 0. The minimum absolute atomic E-state index is 0. The zero-order valence-electron chi connectivity index (χ0n) is 25.0. The van der Waals surface area contributed by atoms with Crippen LogP contribution in [0.4, 0.5) is 0 Å². The number of hydrogen-bond acceptors (Lipinski definition) is 17. The van der Waals surface area contributed by atoms with E-state index in [0.717, 1.165) is 5.56 Å². The van der Waals surface area contributed by atoms with Crippen LogP contribution in [-0.4, -0.2) is 144 Å². The van der Waals surface area contributed by atoms with Crippen molar-refractivity contribution in [2.75, 3.05) is 13.2 Å². The molecular weight excluding hydrogens is 738 g/mol. The lowest BCUT2D eigenvalue weighted by molar-refractivity contribution is -0.331. The quantitative estimate of drug-likeness (QED) is 0.107. The van der Waals surface area contributed by atoms with Crippen molar-refractivity contribution in [1.82, 2.24) is 0 Å². The van der Waals surface area contributed by atoms with Gasteiger partial charge in [0.05, 0.1) is 17.5 Å². The van der Waals surface area contributed by atoms with Gasteiger partial charge >= 0.3 is 0 Å². The summed E-state index contributed by atoms with van der Waals surface area (Å²) in [5.41, 5.74) is 24.8. The number of nitrogens with two attached hydrogens (primary N) is 4. The Hall–Kier alpha value is -0.270. The maximum atomic E-state index is 12.6. The summed E-state index contributed by atoms with van der Waals surface area (Å²) in [6, 6.07) is 2.68. The van der Waals surface area contributed by atoms with E-state index in [1.807, 2.05) is 0 Å². The van der Waals surface area contributed by atoms with Gasteiger partial charge in [0, 0.05) is 18.6 Å². The summed E-state index contributed by atoms with van der Waals surface area (Å²) in [5, 5.41) is 63.1. The van der Waals surface area contributed by atoms with E-state index in [1.54, 1.807) is 19.1 Å². The van der Waals surface area contributed by atoms with Crippen molar-refractivity contribution in [3.8, 4) is 0 Å². The highest BCUT2D eigenvalue weighted by Gasteiger charge is 2.51. The molecule has 3 fully saturated rings. The number of aryl methyl sites for hydroxylation is 1. The Kier molecular flexibility index (Phi) is 19.3. The molecule has 0 aromatic heterocycles. The van der Waals surface area contributed by atoms with Crippen LogP contribution >= 0.6 is 49.6 Å². The van der Waals surface area contributed by atoms with Crippen molar-refractivity contribution < 1.29 is 62.2 Å². The van der Waals surface area contributed by atoms with Crippen LogP contribution in [0.15, 0.2) is 29.2 Å². The lowest BCUT2D eigenvalue weighted by Crippen LogP contribution is -2.68. The molecule has 0 unspecified atom stereocenters. The molecule has 0 spiro atoms. The van der Waals surface area contributed by atoms with E-state index < -0.39 is 108 Å². The Bertz CT molecular complexity index is 1180. The van der Waals surface area contributed by atoms with Gasteiger partial charge in [0.2, 0.25) is 0 Å². The first-order chi connectivity index (χ1) is 20.2. The number of hydrogen-bond donors (Lipinski definition) is 10. The van der Waals surface area contributed by atoms with Crippen LogP contribution in [0.2, 0.25) is 0 Å². The minimum Gasteiger partial charge on any atom is -0.389 e. The number of rotatable bonds is 9. The number of ether oxygens (including phenoxy) is 4. The Labute approximate surface area is 296 Å². The van der Waals surface area contributed by atoms with E-state index in [1.165, 1.54) is 12.1 Å². The monoisotopic (exact) mass is 782 g/mol. The molecule has 0 amide bonds. The van der Waals surface area contributed by atoms with Gasteiger partial charge in [-0.15, -0.1) is 49.6 Å². The first-order valence-electron chi connectivity index (χ1n) is 13.8. The largest absolute Gasteiger partial charge is 0.389 e. The molecule has 1 aromatic carbocycles. The van der Waals surface area contributed by atoms with Gasteiger partial charge in [-0.2, -0.15) is 8.42 Å². The molecule has 14 N–H and O–H groups in total. The van der Waals surface area contributed by atoms with Crippen molar-refractivity contribution in [3.05, 3.63) is 29.8 Å². The molecule has 1 aliphatic carbocycles. The van der Waals surface area contributed by atoms with Crippen LogP contribution in [0.5, 0.6) is 0 Å². The summed E-state index contributed by atoms with van der Waals surface area (Å²) in [6.45, 7) is 0.898. The zero-order valence-corrected chi connectivity index (χ0v) is 29.1. The highest BCUT2D eigenvalue weighted by molar-refractivity contribution is 7.86. The average molecular weight is 785 g/mol. The second-order valence-corrected chi connectivity index (χ2v) is 12.8. The van der Waals surface area contributed by atoms with Gasteiger partial charge in [0.1, 0.15) is 61.0 Å². The number of halogens is 4. The van der Waals surface area contributed by atoms with Gasteiger partial charge in [-0.05, 0) is 25.5 Å². The molecule has 22 heteroatoms. The van der Waals surface area contributed by atoms with Crippen LogP contribution in [0.3, 0.4) is 0 Å². The van der Waals surface area contributed by atoms with Gasteiger partial charge in [-0.25, -0.2) is 0 Å². The van der Waals surface area contributed by atoms with Gasteiger partial charge in [0.15, 0.2) is 12.6 Å². The van der Waals surface area contributed by atoms with Crippen molar-refractivity contribution in [1.29, 1.82) is 0 Å². The van der Waals surface area contributed by atoms with Crippen molar-refractivity contribution >= 4 is 59.7 Å². The molecule has 47 heavy (non-hydrogen) atoms. The molecule has 278 valence electrons. The minimum atomic E-state index is -4.24. The fourth-order valence-corrected chi connectivity index (χ4v) is 6.24. The zero-order chi connectivity index (χ0) is 31.8. The lowest BCUT2D eigenvalue weighted by atomic mass is 9.84. The van der Waals surface area contributed by atoms with Crippen molar-refractivity contribution in [2.45, 2.75) is 110 Å². The fraction of sp³-hybridized carbons (Fsp3) is 0.760. The smallest absolute Gasteiger partial charge is 0.297 e. The Morgan fingerprint density at radius 1 is 0.723 bits per heavy atom. The van der Waals surface area contributed by atoms with E-state index in [9.17, 15) is 39.1 Å². The van der Waals surface area contributed by atoms with Crippen molar-refractivity contribution in [2.24, 2.45) is 22.9 Å².